The van der Waals surface area contributed by atoms with Crippen molar-refractivity contribution in [2.75, 3.05) is 24.5 Å². The first-order valence-electron chi connectivity index (χ1n) is 6.70. The third-order valence-electron chi connectivity index (χ3n) is 4.07. The van der Waals surface area contributed by atoms with Crippen molar-refractivity contribution in [2.45, 2.75) is 18.9 Å². The van der Waals surface area contributed by atoms with E-state index in [1.807, 2.05) is 11.0 Å². The highest BCUT2D eigenvalue weighted by molar-refractivity contribution is 7.80. The summed E-state index contributed by atoms with van der Waals surface area (Å²) >= 11 is 4.97. The second kappa shape index (κ2) is 5.01. The van der Waals surface area contributed by atoms with Crippen LogP contribution in [0.1, 0.15) is 18.4 Å². The molecule has 2 N–H and O–H groups in total. The number of hydrogen-bond donors (Lipinski definition) is 1. The highest BCUT2D eigenvalue weighted by atomic mass is 32.1. The molecular formula is C14H16FN3OS. The van der Waals surface area contributed by atoms with Crippen molar-refractivity contribution in [1.82, 2.24) is 4.90 Å². The van der Waals surface area contributed by atoms with Crippen LogP contribution >= 0.6 is 12.2 Å². The fourth-order valence-corrected chi connectivity index (χ4v) is 3.31. The zero-order chi connectivity index (χ0) is 14.3. The molecule has 1 aromatic rings. The van der Waals surface area contributed by atoms with Crippen LogP contribution in [-0.4, -0.2) is 41.5 Å². The molecule has 0 spiro atoms. The Morgan fingerprint density at radius 1 is 1.40 bits per heavy atom. The van der Waals surface area contributed by atoms with E-state index >= 15 is 0 Å². The molecule has 6 heteroatoms. The molecule has 1 aromatic carbocycles. The molecule has 0 bridgehead atoms. The molecular weight excluding hydrogens is 277 g/mol. The zero-order valence-electron chi connectivity index (χ0n) is 11.0. The number of carbonyl (C=O) groups excluding carboxylic acids is 1. The second-order valence-electron chi connectivity index (χ2n) is 5.22. The third-order valence-corrected chi connectivity index (χ3v) is 4.28. The lowest BCUT2D eigenvalue weighted by Gasteiger charge is -2.39. The Kier molecular flexibility index (Phi) is 3.33. The van der Waals surface area contributed by atoms with Gasteiger partial charge in [0.15, 0.2) is 0 Å². The number of fused-ring (bicyclic) bond motifs is 1. The van der Waals surface area contributed by atoms with Gasteiger partial charge in [-0.25, -0.2) is 4.39 Å². The molecule has 3 rings (SSSR count). The predicted octanol–water partition coefficient (Wildman–Crippen LogP) is 1.27. The maximum absolute atomic E-state index is 13.9. The van der Waals surface area contributed by atoms with Gasteiger partial charge in [0.25, 0.3) is 0 Å². The number of rotatable bonds is 2. The van der Waals surface area contributed by atoms with Gasteiger partial charge in [-0.05, 0) is 18.6 Å². The molecule has 0 aliphatic carbocycles. The maximum atomic E-state index is 13.9. The average molecular weight is 293 g/mol. The lowest BCUT2D eigenvalue weighted by molar-refractivity contribution is -0.129. The van der Waals surface area contributed by atoms with Gasteiger partial charge in [0.1, 0.15) is 10.8 Å². The van der Waals surface area contributed by atoms with E-state index in [1.165, 1.54) is 6.07 Å². The SMILES string of the molecule is NC(=S)c1c(F)cccc1N1CCN2C(=O)CCC2C1. The summed E-state index contributed by atoms with van der Waals surface area (Å²) < 4.78 is 13.9. The van der Waals surface area contributed by atoms with E-state index in [0.717, 1.165) is 12.1 Å². The minimum Gasteiger partial charge on any atom is -0.389 e. The zero-order valence-corrected chi connectivity index (χ0v) is 11.8. The van der Waals surface area contributed by atoms with Crippen LogP contribution in [0, 0.1) is 5.82 Å². The third kappa shape index (κ3) is 2.14. The minimum absolute atomic E-state index is 0.0722. The summed E-state index contributed by atoms with van der Waals surface area (Å²) in [6.07, 6.45) is 1.48. The number of carbonyl (C=O) groups is 1. The first-order chi connectivity index (χ1) is 9.58. The van der Waals surface area contributed by atoms with Gasteiger partial charge in [0, 0.05) is 32.1 Å². The Bertz CT molecular complexity index is 578. The molecule has 1 atom stereocenters. The lowest BCUT2D eigenvalue weighted by Crippen LogP contribution is -2.51. The number of thiocarbonyl (C=S) groups is 1. The number of anilines is 1. The molecule has 0 aromatic heterocycles. The highest BCUT2D eigenvalue weighted by Crippen LogP contribution is 2.29. The molecule has 0 radical (unpaired) electrons. The van der Waals surface area contributed by atoms with E-state index in [0.29, 0.717) is 31.6 Å². The van der Waals surface area contributed by atoms with Gasteiger partial charge in [0.05, 0.1) is 11.3 Å². The van der Waals surface area contributed by atoms with Crippen LogP contribution < -0.4 is 10.6 Å². The van der Waals surface area contributed by atoms with Gasteiger partial charge in [-0.1, -0.05) is 18.3 Å². The van der Waals surface area contributed by atoms with E-state index < -0.39 is 0 Å². The first kappa shape index (κ1) is 13.3. The molecule has 2 saturated heterocycles. The van der Waals surface area contributed by atoms with Crippen molar-refractivity contribution >= 4 is 28.8 Å². The molecule has 1 unspecified atom stereocenters. The molecule has 2 aliphatic heterocycles. The monoisotopic (exact) mass is 293 g/mol. The maximum Gasteiger partial charge on any atom is 0.223 e. The van der Waals surface area contributed by atoms with Gasteiger partial charge < -0.3 is 15.5 Å². The summed E-state index contributed by atoms with van der Waals surface area (Å²) in [6.45, 7) is 2.07. The fourth-order valence-electron chi connectivity index (χ4n) is 3.10. The van der Waals surface area contributed by atoms with Gasteiger partial charge in [-0.2, -0.15) is 0 Å². The van der Waals surface area contributed by atoms with Gasteiger partial charge in [-0.3, -0.25) is 4.79 Å². The van der Waals surface area contributed by atoms with Crippen molar-refractivity contribution in [2.24, 2.45) is 5.73 Å². The van der Waals surface area contributed by atoms with Crippen LogP contribution in [-0.2, 0) is 4.79 Å². The van der Waals surface area contributed by atoms with Crippen LogP contribution in [0.15, 0.2) is 18.2 Å². The molecule has 2 heterocycles. The largest absolute Gasteiger partial charge is 0.389 e. The van der Waals surface area contributed by atoms with Crippen LogP contribution in [0.25, 0.3) is 0 Å². The molecule has 20 heavy (non-hydrogen) atoms. The summed E-state index contributed by atoms with van der Waals surface area (Å²) in [4.78, 5) is 15.8. The van der Waals surface area contributed by atoms with Crippen LogP contribution in [0.3, 0.4) is 0 Å². The molecule has 2 fully saturated rings. The van der Waals surface area contributed by atoms with Crippen LogP contribution in [0.4, 0.5) is 10.1 Å². The quantitative estimate of drug-likeness (QED) is 0.834. The van der Waals surface area contributed by atoms with Crippen LogP contribution in [0.5, 0.6) is 0 Å². The average Bonchev–Trinajstić information content (AvgIpc) is 2.79. The summed E-state index contributed by atoms with van der Waals surface area (Å²) in [6, 6.07) is 5.09. The number of hydrogen-bond acceptors (Lipinski definition) is 3. The number of nitrogens with zero attached hydrogens (tertiary/aromatic N) is 2. The summed E-state index contributed by atoms with van der Waals surface area (Å²) in [5, 5.41) is 0. The highest BCUT2D eigenvalue weighted by Gasteiger charge is 2.36. The number of benzene rings is 1. The van der Waals surface area contributed by atoms with Crippen LogP contribution in [0.2, 0.25) is 0 Å². The number of halogens is 1. The topological polar surface area (TPSA) is 49.6 Å². The Morgan fingerprint density at radius 3 is 2.95 bits per heavy atom. The van der Waals surface area contributed by atoms with Crippen molar-refractivity contribution in [1.29, 1.82) is 0 Å². The van der Waals surface area contributed by atoms with E-state index in [2.05, 4.69) is 4.90 Å². The minimum atomic E-state index is -0.389. The summed E-state index contributed by atoms with van der Waals surface area (Å²) in [7, 11) is 0. The van der Waals surface area contributed by atoms with Crippen molar-refractivity contribution in [3.8, 4) is 0 Å². The standard InChI is InChI=1S/C14H16FN3OS/c15-10-2-1-3-11(13(10)14(16)20)17-6-7-18-9(8-17)4-5-12(18)19/h1-3,9H,4-8H2,(H2,16,20). The van der Waals surface area contributed by atoms with E-state index in [1.54, 1.807) is 6.07 Å². The van der Waals surface area contributed by atoms with E-state index in [4.69, 9.17) is 18.0 Å². The Morgan fingerprint density at radius 2 is 2.20 bits per heavy atom. The molecule has 4 nitrogen and oxygen atoms in total. The lowest BCUT2D eigenvalue weighted by atomic mass is 10.1. The smallest absolute Gasteiger partial charge is 0.223 e. The van der Waals surface area contributed by atoms with Crippen molar-refractivity contribution in [3.63, 3.8) is 0 Å². The fraction of sp³-hybridized carbons (Fsp3) is 0.429. The van der Waals surface area contributed by atoms with E-state index in [-0.39, 0.29) is 22.8 Å². The molecule has 1 amide bonds. The summed E-state index contributed by atoms with van der Waals surface area (Å²) in [5.41, 5.74) is 6.69. The van der Waals surface area contributed by atoms with Gasteiger partial charge in [0.2, 0.25) is 5.91 Å². The van der Waals surface area contributed by atoms with Gasteiger partial charge in [-0.15, -0.1) is 0 Å². The summed E-state index contributed by atoms with van der Waals surface area (Å²) in [5.74, 6) is -0.164. The second-order valence-corrected chi connectivity index (χ2v) is 5.66. The number of nitrogens with two attached hydrogens (primary N) is 1. The molecule has 2 aliphatic rings. The molecule has 106 valence electrons. The number of piperazine rings is 1. The Balaban J connectivity index is 1.89. The van der Waals surface area contributed by atoms with Crippen molar-refractivity contribution < 1.29 is 9.18 Å². The number of amides is 1. The van der Waals surface area contributed by atoms with E-state index in [9.17, 15) is 9.18 Å². The molecule has 0 saturated carbocycles. The first-order valence-corrected chi connectivity index (χ1v) is 7.11. The van der Waals surface area contributed by atoms with Gasteiger partial charge >= 0.3 is 0 Å². The Hall–Kier alpha value is -1.69. The van der Waals surface area contributed by atoms with Crippen molar-refractivity contribution in [3.05, 3.63) is 29.6 Å². The normalized spacial score (nSPS) is 22.1. The Labute approximate surface area is 122 Å². The predicted molar refractivity (Wildman–Crippen MR) is 79.2 cm³/mol.